The second-order valence-corrected chi connectivity index (χ2v) is 12.3. The molecule has 38 heavy (non-hydrogen) atoms. The Morgan fingerprint density at radius 1 is 1.05 bits per heavy atom. The number of hydrogen-bond acceptors (Lipinski definition) is 6. The van der Waals surface area contributed by atoms with Crippen molar-refractivity contribution in [2.24, 2.45) is 0 Å². The number of piperidine rings is 1. The highest BCUT2D eigenvalue weighted by molar-refractivity contribution is 7.89. The molecule has 1 saturated heterocycles. The highest BCUT2D eigenvalue weighted by Gasteiger charge is 2.26. The molecule has 1 amide bonds. The topological polar surface area (TPSA) is 88.2 Å². The number of rotatable bonds is 12. The molecule has 0 radical (unpaired) electrons. The van der Waals surface area contributed by atoms with E-state index in [1.54, 1.807) is 33.1 Å². The standard InChI is InChI=1S/C29H43N3O5S/c1-21-16-27(36-6)17-22(2)29(21)38(34,35)31(5)14-15-37-20-28(33)30-18-25-10-12-26(13-11-25)19-32-23(3)8-7-9-24(32)4/h10-13,16-17,23-24H,7-9,14-15,18-20H2,1-6H3,(H,30,33)/t23-,24+. The number of methoxy groups -OCH3 is 1. The van der Waals surface area contributed by atoms with Gasteiger partial charge in [0.05, 0.1) is 18.6 Å². The number of nitrogens with zero attached hydrogens (tertiary/aromatic N) is 2. The number of nitrogens with one attached hydrogen (secondary N) is 1. The summed E-state index contributed by atoms with van der Waals surface area (Å²) in [5.74, 6) is 0.381. The predicted molar refractivity (Wildman–Crippen MR) is 150 cm³/mol. The van der Waals surface area contributed by atoms with Crippen LogP contribution in [0.25, 0.3) is 0 Å². The Hall–Kier alpha value is -2.46. The van der Waals surface area contributed by atoms with Crippen molar-refractivity contribution < 1.29 is 22.7 Å². The van der Waals surface area contributed by atoms with Crippen LogP contribution >= 0.6 is 0 Å². The van der Waals surface area contributed by atoms with E-state index < -0.39 is 10.0 Å². The van der Waals surface area contributed by atoms with Crippen molar-refractivity contribution in [2.75, 3.05) is 33.9 Å². The fourth-order valence-corrected chi connectivity index (χ4v) is 6.64. The Morgan fingerprint density at radius 2 is 1.63 bits per heavy atom. The molecule has 2 aromatic rings. The van der Waals surface area contributed by atoms with E-state index >= 15 is 0 Å². The van der Waals surface area contributed by atoms with Crippen LogP contribution in [-0.2, 0) is 32.6 Å². The molecule has 2 atom stereocenters. The summed E-state index contributed by atoms with van der Waals surface area (Å²) >= 11 is 0. The van der Waals surface area contributed by atoms with E-state index in [4.69, 9.17) is 9.47 Å². The van der Waals surface area contributed by atoms with Gasteiger partial charge < -0.3 is 14.8 Å². The molecule has 1 aliphatic rings. The van der Waals surface area contributed by atoms with Crippen LogP contribution in [0, 0.1) is 13.8 Å². The number of carbonyl (C=O) groups is 1. The van der Waals surface area contributed by atoms with Crippen molar-refractivity contribution in [3.8, 4) is 5.75 Å². The fourth-order valence-electron chi connectivity index (χ4n) is 5.08. The number of likely N-dealkylation sites (N-methyl/N-ethyl adjacent to an activating group) is 1. The first kappa shape index (κ1) is 30.1. The minimum Gasteiger partial charge on any atom is -0.497 e. The maximum atomic E-state index is 13.1. The van der Waals surface area contributed by atoms with E-state index in [0.29, 0.717) is 35.5 Å². The molecular weight excluding hydrogens is 502 g/mol. The van der Waals surface area contributed by atoms with Gasteiger partial charge in [-0.1, -0.05) is 30.7 Å². The summed E-state index contributed by atoms with van der Waals surface area (Å²) in [5, 5.41) is 2.87. The molecule has 2 aromatic carbocycles. The van der Waals surface area contributed by atoms with Gasteiger partial charge in [-0.3, -0.25) is 9.69 Å². The highest BCUT2D eigenvalue weighted by atomic mass is 32.2. The Bertz CT molecular complexity index is 1150. The normalized spacial score (nSPS) is 18.5. The number of carbonyl (C=O) groups excluding carboxylic acids is 1. The van der Waals surface area contributed by atoms with Gasteiger partial charge in [0, 0.05) is 38.8 Å². The molecular formula is C29H43N3O5S. The zero-order valence-electron chi connectivity index (χ0n) is 23.6. The summed E-state index contributed by atoms with van der Waals surface area (Å²) < 4.78 is 38.1. The van der Waals surface area contributed by atoms with Gasteiger partial charge in [0.25, 0.3) is 0 Å². The smallest absolute Gasteiger partial charge is 0.246 e. The lowest BCUT2D eigenvalue weighted by Gasteiger charge is -2.39. The Balaban J connectivity index is 1.40. The lowest BCUT2D eigenvalue weighted by molar-refractivity contribution is -0.125. The molecule has 1 aliphatic heterocycles. The molecule has 210 valence electrons. The van der Waals surface area contributed by atoms with Crippen molar-refractivity contribution in [1.29, 1.82) is 0 Å². The number of sulfonamides is 1. The van der Waals surface area contributed by atoms with Crippen LogP contribution in [-0.4, -0.2) is 69.5 Å². The van der Waals surface area contributed by atoms with Gasteiger partial charge in [-0.2, -0.15) is 4.31 Å². The number of likely N-dealkylation sites (tertiary alicyclic amines) is 1. The molecule has 0 aliphatic carbocycles. The monoisotopic (exact) mass is 545 g/mol. The number of ether oxygens (including phenoxy) is 2. The predicted octanol–water partition coefficient (Wildman–Crippen LogP) is 4.03. The first-order valence-corrected chi connectivity index (χ1v) is 14.8. The fraction of sp³-hybridized carbons (Fsp3) is 0.552. The zero-order valence-corrected chi connectivity index (χ0v) is 24.4. The quantitative estimate of drug-likeness (QED) is 0.405. The first-order valence-electron chi connectivity index (χ1n) is 13.3. The summed E-state index contributed by atoms with van der Waals surface area (Å²) in [6.07, 6.45) is 3.81. The summed E-state index contributed by atoms with van der Waals surface area (Å²) in [4.78, 5) is 15.1. The summed E-state index contributed by atoms with van der Waals surface area (Å²) in [6, 6.07) is 13.0. The van der Waals surface area contributed by atoms with Gasteiger partial charge in [0.2, 0.25) is 15.9 Å². The van der Waals surface area contributed by atoms with Crippen LogP contribution in [0.3, 0.4) is 0 Å². The van der Waals surface area contributed by atoms with Gasteiger partial charge in [-0.05, 0) is 74.9 Å². The number of amides is 1. The third kappa shape index (κ3) is 7.79. The lowest BCUT2D eigenvalue weighted by Crippen LogP contribution is -2.42. The van der Waals surface area contributed by atoms with Gasteiger partial charge in [-0.25, -0.2) is 8.42 Å². The Labute approximate surface area is 228 Å². The first-order chi connectivity index (χ1) is 18.0. The number of hydrogen-bond donors (Lipinski definition) is 1. The van der Waals surface area contributed by atoms with Crippen molar-refractivity contribution in [3.05, 3.63) is 58.7 Å². The van der Waals surface area contributed by atoms with Gasteiger partial charge in [-0.15, -0.1) is 0 Å². The summed E-state index contributed by atoms with van der Waals surface area (Å²) in [7, 11) is -0.634. The second-order valence-electron chi connectivity index (χ2n) is 10.4. The average molecular weight is 546 g/mol. The van der Waals surface area contributed by atoms with Crippen LogP contribution in [0.4, 0.5) is 0 Å². The number of aryl methyl sites for hydroxylation is 2. The molecule has 1 fully saturated rings. The minimum atomic E-state index is -3.70. The van der Waals surface area contributed by atoms with E-state index in [1.807, 2.05) is 0 Å². The lowest BCUT2D eigenvalue weighted by atomic mass is 9.96. The minimum absolute atomic E-state index is 0.111. The largest absolute Gasteiger partial charge is 0.497 e. The van der Waals surface area contributed by atoms with Crippen LogP contribution in [0.15, 0.2) is 41.3 Å². The SMILES string of the molecule is COc1cc(C)c(S(=O)(=O)N(C)CCOCC(=O)NCc2ccc(CN3[C@H](C)CCC[C@@H]3C)cc2)c(C)c1. The summed E-state index contributed by atoms with van der Waals surface area (Å²) in [6.45, 7) is 9.60. The third-order valence-corrected chi connectivity index (χ3v) is 9.54. The molecule has 0 saturated carbocycles. The van der Waals surface area contributed by atoms with E-state index in [-0.39, 0.29) is 30.6 Å². The van der Waals surface area contributed by atoms with Gasteiger partial charge in [0.15, 0.2) is 0 Å². The van der Waals surface area contributed by atoms with E-state index in [2.05, 4.69) is 48.3 Å². The maximum Gasteiger partial charge on any atom is 0.246 e. The molecule has 0 unspecified atom stereocenters. The molecule has 8 nitrogen and oxygen atoms in total. The van der Waals surface area contributed by atoms with Crippen LogP contribution in [0.2, 0.25) is 0 Å². The van der Waals surface area contributed by atoms with E-state index in [9.17, 15) is 13.2 Å². The van der Waals surface area contributed by atoms with Crippen molar-refractivity contribution in [2.45, 2.75) is 77.0 Å². The van der Waals surface area contributed by atoms with Crippen molar-refractivity contribution >= 4 is 15.9 Å². The van der Waals surface area contributed by atoms with Gasteiger partial charge in [0.1, 0.15) is 12.4 Å². The Morgan fingerprint density at radius 3 is 2.21 bits per heavy atom. The van der Waals surface area contributed by atoms with Gasteiger partial charge >= 0.3 is 0 Å². The number of benzene rings is 2. The van der Waals surface area contributed by atoms with Crippen LogP contribution in [0.5, 0.6) is 5.75 Å². The summed E-state index contributed by atoms with van der Waals surface area (Å²) in [5.41, 5.74) is 3.55. The molecule has 1 heterocycles. The van der Waals surface area contributed by atoms with Crippen molar-refractivity contribution in [3.63, 3.8) is 0 Å². The van der Waals surface area contributed by atoms with E-state index in [0.717, 1.165) is 12.1 Å². The van der Waals surface area contributed by atoms with E-state index in [1.165, 1.54) is 36.2 Å². The van der Waals surface area contributed by atoms with Crippen LogP contribution < -0.4 is 10.1 Å². The second kappa shape index (κ2) is 13.6. The Kier molecular flexibility index (Phi) is 10.7. The molecule has 0 bridgehead atoms. The molecule has 3 rings (SSSR count). The molecule has 1 N–H and O–H groups in total. The average Bonchev–Trinajstić information content (AvgIpc) is 2.87. The molecule has 0 aromatic heterocycles. The third-order valence-electron chi connectivity index (χ3n) is 7.38. The molecule has 9 heteroatoms. The highest BCUT2D eigenvalue weighted by Crippen LogP contribution is 2.28. The van der Waals surface area contributed by atoms with Crippen LogP contribution in [0.1, 0.15) is 55.4 Å². The maximum absolute atomic E-state index is 13.1. The van der Waals surface area contributed by atoms with Crippen molar-refractivity contribution in [1.82, 2.24) is 14.5 Å². The molecule has 0 spiro atoms. The zero-order chi connectivity index (χ0) is 27.9.